The normalized spacial score (nSPS) is 12.3. The number of nitrogens with zero attached hydrogens (tertiary/aromatic N) is 4. The molecule has 3 rings (SSSR count). The Morgan fingerprint density at radius 2 is 1.76 bits per heavy atom. The van der Waals surface area contributed by atoms with Crippen LogP contribution >= 0.6 is 0 Å². The van der Waals surface area contributed by atoms with Crippen molar-refractivity contribution < 1.29 is 4.39 Å². The van der Waals surface area contributed by atoms with E-state index in [0.29, 0.717) is 11.4 Å². The van der Waals surface area contributed by atoms with Crippen LogP contribution in [-0.2, 0) is 0 Å². The summed E-state index contributed by atoms with van der Waals surface area (Å²) in [5.41, 5.74) is 7.07. The Balaban J connectivity index is 1.96. The summed E-state index contributed by atoms with van der Waals surface area (Å²) in [6.45, 7) is 0.186. The van der Waals surface area contributed by atoms with Gasteiger partial charge in [0.05, 0.1) is 0 Å². The van der Waals surface area contributed by atoms with Gasteiger partial charge in [-0.2, -0.15) is 4.80 Å². The van der Waals surface area contributed by atoms with Crippen molar-refractivity contribution >= 4 is 0 Å². The molecular formula is C15H14FN5. The summed E-state index contributed by atoms with van der Waals surface area (Å²) >= 11 is 0. The second-order valence-corrected chi connectivity index (χ2v) is 4.57. The van der Waals surface area contributed by atoms with Gasteiger partial charge in [-0.05, 0) is 11.3 Å². The van der Waals surface area contributed by atoms with E-state index in [2.05, 4.69) is 15.4 Å². The standard InChI is InChI=1S/C15H14FN5/c16-13-9-5-4-8-12(13)14(10-17)21-19-15(18-20-21)11-6-2-1-3-7-11/h1-9,14H,10,17H2. The van der Waals surface area contributed by atoms with E-state index >= 15 is 0 Å². The summed E-state index contributed by atoms with van der Waals surface area (Å²) < 4.78 is 13.9. The van der Waals surface area contributed by atoms with Gasteiger partial charge in [-0.1, -0.05) is 48.5 Å². The van der Waals surface area contributed by atoms with Crippen LogP contribution in [0.1, 0.15) is 11.6 Å². The first kappa shape index (κ1) is 13.4. The minimum absolute atomic E-state index is 0.186. The molecule has 0 aliphatic heterocycles. The Kier molecular flexibility index (Phi) is 3.70. The van der Waals surface area contributed by atoms with Gasteiger partial charge in [0, 0.05) is 17.7 Å². The Labute approximate surface area is 121 Å². The molecule has 1 atom stereocenters. The largest absolute Gasteiger partial charge is 0.328 e. The number of benzene rings is 2. The minimum atomic E-state index is -0.476. The van der Waals surface area contributed by atoms with Gasteiger partial charge in [0.1, 0.15) is 11.9 Å². The Morgan fingerprint density at radius 1 is 1.05 bits per heavy atom. The van der Waals surface area contributed by atoms with Crippen LogP contribution in [0.3, 0.4) is 0 Å². The molecular weight excluding hydrogens is 269 g/mol. The van der Waals surface area contributed by atoms with Crippen molar-refractivity contribution in [3.05, 3.63) is 66.0 Å². The van der Waals surface area contributed by atoms with Crippen molar-refractivity contribution in [2.24, 2.45) is 5.73 Å². The van der Waals surface area contributed by atoms with Crippen LogP contribution in [0.2, 0.25) is 0 Å². The molecule has 1 unspecified atom stereocenters. The zero-order chi connectivity index (χ0) is 14.7. The topological polar surface area (TPSA) is 69.6 Å². The smallest absolute Gasteiger partial charge is 0.204 e. The summed E-state index contributed by atoms with van der Waals surface area (Å²) in [4.78, 5) is 1.36. The third-order valence-electron chi connectivity index (χ3n) is 3.23. The highest BCUT2D eigenvalue weighted by molar-refractivity contribution is 5.53. The van der Waals surface area contributed by atoms with E-state index in [4.69, 9.17) is 5.73 Å². The van der Waals surface area contributed by atoms with Crippen LogP contribution in [0.25, 0.3) is 11.4 Å². The molecule has 2 aromatic carbocycles. The fraction of sp³-hybridized carbons (Fsp3) is 0.133. The molecule has 0 amide bonds. The SMILES string of the molecule is NCC(c1ccccc1F)n1nnc(-c2ccccc2)n1. The van der Waals surface area contributed by atoms with E-state index in [1.807, 2.05) is 30.3 Å². The molecule has 0 bridgehead atoms. The summed E-state index contributed by atoms with van der Waals surface area (Å²) in [5, 5.41) is 12.3. The van der Waals surface area contributed by atoms with E-state index in [1.54, 1.807) is 18.2 Å². The lowest BCUT2D eigenvalue weighted by Crippen LogP contribution is -2.23. The third kappa shape index (κ3) is 2.66. The number of rotatable bonds is 4. The van der Waals surface area contributed by atoms with Crippen molar-refractivity contribution in [3.63, 3.8) is 0 Å². The summed E-state index contributed by atoms with van der Waals surface area (Å²) in [7, 11) is 0. The molecule has 1 heterocycles. The van der Waals surface area contributed by atoms with Crippen molar-refractivity contribution in [1.29, 1.82) is 0 Å². The maximum Gasteiger partial charge on any atom is 0.204 e. The molecule has 0 fully saturated rings. The predicted octanol–water partition coefficient (Wildman–Crippen LogP) is 2.03. The first-order chi connectivity index (χ1) is 10.3. The summed E-state index contributed by atoms with van der Waals surface area (Å²) in [5.74, 6) is 0.164. The van der Waals surface area contributed by atoms with Crippen LogP contribution in [-0.4, -0.2) is 26.8 Å². The summed E-state index contributed by atoms with van der Waals surface area (Å²) in [6, 6.07) is 15.5. The number of aromatic nitrogens is 4. The highest BCUT2D eigenvalue weighted by Gasteiger charge is 2.19. The molecule has 1 aromatic heterocycles. The van der Waals surface area contributed by atoms with E-state index in [9.17, 15) is 4.39 Å². The van der Waals surface area contributed by atoms with Gasteiger partial charge in [-0.15, -0.1) is 10.2 Å². The molecule has 3 aromatic rings. The Hall–Kier alpha value is -2.60. The van der Waals surface area contributed by atoms with Gasteiger partial charge >= 0.3 is 0 Å². The van der Waals surface area contributed by atoms with Gasteiger partial charge in [0.15, 0.2) is 0 Å². The number of hydrogen-bond donors (Lipinski definition) is 1. The minimum Gasteiger partial charge on any atom is -0.328 e. The highest BCUT2D eigenvalue weighted by Crippen LogP contribution is 2.20. The van der Waals surface area contributed by atoms with Gasteiger partial charge in [0.25, 0.3) is 0 Å². The van der Waals surface area contributed by atoms with Crippen LogP contribution in [0.15, 0.2) is 54.6 Å². The van der Waals surface area contributed by atoms with Crippen molar-refractivity contribution in [2.45, 2.75) is 6.04 Å². The molecule has 0 saturated carbocycles. The molecule has 5 nitrogen and oxygen atoms in total. The van der Waals surface area contributed by atoms with Crippen molar-refractivity contribution in [3.8, 4) is 11.4 Å². The number of nitrogens with two attached hydrogens (primary N) is 1. The van der Waals surface area contributed by atoms with E-state index in [1.165, 1.54) is 10.9 Å². The zero-order valence-corrected chi connectivity index (χ0v) is 11.2. The lowest BCUT2D eigenvalue weighted by molar-refractivity contribution is 0.440. The Bertz CT molecular complexity index is 726. The van der Waals surface area contributed by atoms with Crippen LogP contribution in [0, 0.1) is 5.82 Å². The number of halogens is 1. The van der Waals surface area contributed by atoms with Crippen molar-refractivity contribution in [2.75, 3.05) is 6.54 Å². The molecule has 0 spiro atoms. The zero-order valence-electron chi connectivity index (χ0n) is 11.2. The monoisotopic (exact) mass is 283 g/mol. The third-order valence-corrected chi connectivity index (χ3v) is 3.23. The number of hydrogen-bond acceptors (Lipinski definition) is 4. The molecule has 2 N–H and O–H groups in total. The van der Waals surface area contributed by atoms with Gasteiger partial charge in [-0.25, -0.2) is 4.39 Å². The predicted molar refractivity (Wildman–Crippen MR) is 76.8 cm³/mol. The molecule has 0 aliphatic carbocycles. The lowest BCUT2D eigenvalue weighted by atomic mass is 10.1. The molecule has 106 valence electrons. The van der Waals surface area contributed by atoms with E-state index in [0.717, 1.165) is 5.56 Å². The molecule has 0 radical (unpaired) electrons. The van der Waals surface area contributed by atoms with Crippen LogP contribution in [0.5, 0.6) is 0 Å². The molecule has 0 aliphatic rings. The second kappa shape index (κ2) is 5.80. The van der Waals surface area contributed by atoms with Crippen molar-refractivity contribution in [1.82, 2.24) is 20.2 Å². The average molecular weight is 283 g/mol. The fourth-order valence-electron chi connectivity index (χ4n) is 2.15. The average Bonchev–Trinajstić information content (AvgIpc) is 3.00. The number of tetrazole rings is 1. The Morgan fingerprint density at radius 3 is 2.48 bits per heavy atom. The molecule has 6 heteroatoms. The lowest BCUT2D eigenvalue weighted by Gasteiger charge is -2.14. The van der Waals surface area contributed by atoms with E-state index < -0.39 is 6.04 Å². The van der Waals surface area contributed by atoms with Gasteiger partial charge in [0.2, 0.25) is 5.82 Å². The highest BCUT2D eigenvalue weighted by atomic mass is 19.1. The fourth-order valence-corrected chi connectivity index (χ4v) is 2.15. The van der Waals surface area contributed by atoms with Crippen LogP contribution in [0.4, 0.5) is 4.39 Å². The maximum atomic E-state index is 13.9. The molecule has 0 saturated heterocycles. The quantitative estimate of drug-likeness (QED) is 0.795. The first-order valence-electron chi connectivity index (χ1n) is 6.59. The maximum absolute atomic E-state index is 13.9. The van der Waals surface area contributed by atoms with E-state index in [-0.39, 0.29) is 12.4 Å². The first-order valence-corrected chi connectivity index (χ1v) is 6.59. The van der Waals surface area contributed by atoms with Gasteiger partial charge in [-0.3, -0.25) is 0 Å². The second-order valence-electron chi connectivity index (χ2n) is 4.57. The summed E-state index contributed by atoms with van der Waals surface area (Å²) in [6.07, 6.45) is 0. The van der Waals surface area contributed by atoms with Crippen LogP contribution < -0.4 is 5.73 Å². The molecule has 21 heavy (non-hydrogen) atoms. The van der Waals surface area contributed by atoms with Gasteiger partial charge < -0.3 is 5.73 Å².